The Balaban J connectivity index is 1.31. The molecule has 0 aromatic heterocycles. The van der Waals surface area contributed by atoms with Crippen molar-refractivity contribution in [2.24, 2.45) is 11.3 Å². The van der Waals surface area contributed by atoms with Gasteiger partial charge in [-0.3, -0.25) is 0 Å². The van der Waals surface area contributed by atoms with Gasteiger partial charge >= 0.3 is 6.03 Å². The van der Waals surface area contributed by atoms with Gasteiger partial charge in [0.2, 0.25) is 0 Å². The normalized spacial score (nSPS) is 30.2. The summed E-state index contributed by atoms with van der Waals surface area (Å²) in [6, 6.07) is 0.0544. The van der Waals surface area contributed by atoms with Crippen LogP contribution in [0.3, 0.4) is 0 Å². The number of likely N-dealkylation sites (tertiary alicyclic amines) is 1. The van der Waals surface area contributed by atoms with Crippen molar-refractivity contribution in [1.29, 1.82) is 0 Å². The second-order valence-electron chi connectivity index (χ2n) is 6.22. The molecule has 1 N–H and O–H groups in total. The zero-order valence-electron chi connectivity index (χ0n) is 11.5. The Kier molecular flexibility index (Phi) is 3.93. The van der Waals surface area contributed by atoms with Gasteiger partial charge in [0.25, 0.3) is 0 Å². The highest BCUT2D eigenvalue weighted by atomic mass is 16.5. The molecule has 3 fully saturated rings. The van der Waals surface area contributed by atoms with E-state index in [-0.39, 0.29) is 11.4 Å². The van der Waals surface area contributed by atoms with E-state index in [1.165, 1.54) is 12.8 Å². The summed E-state index contributed by atoms with van der Waals surface area (Å²) < 4.78 is 11.0. The monoisotopic (exact) mass is 268 g/mol. The molecule has 5 heteroatoms. The summed E-state index contributed by atoms with van der Waals surface area (Å²) in [6.45, 7) is 5.49. The summed E-state index contributed by atoms with van der Waals surface area (Å²) >= 11 is 0. The first-order valence-electron chi connectivity index (χ1n) is 7.46. The molecule has 3 rings (SSSR count). The SMILES string of the molecule is O=C(NCCOCC1CC1)N1CC[C@]2(CCOC2)C1. The highest BCUT2D eigenvalue weighted by Crippen LogP contribution is 2.38. The van der Waals surface area contributed by atoms with Crippen molar-refractivity contribution in [3.63, 3.8) is 0 Å². The maximum Gasteiger partial charge on any atom is 0.317 e. The van der Waals surface area contributed by atoms with E-state index in [9.17, 15) is 4.79 Å². The fourth-order valence-corrected chi connectivity index (χ4v) is 2.96. The van der Waals surface area contributed by atoms with Gasteiger partial charge in [-0.15, -0.1) is 0 Å². The van der Waals surface area contributed by atoms with Crippen molar-refractivity contribution in [2.75, 3.05) is 46.1 Å². The number of amides is 2. The smallest absolute Gasteiger partial charge is 0.317 e. The van der Waals surface area contributed by atoms with Crippen LogP contribution in [0.4, 0.5) is 4.79 Å². The molecule has 108 valence electrons. The third kappa shape index (κ3) is 3.39. The highest BCUT2D eigenvalue weighted by molar-refractivity contribution is 5.74. The van der Waals surface area contributed by atoms with Gasteiger partial charge in [-0.2, -0.15) is 0 Å². The number of carbonyl (C=O) groups excluding carboxylic acids is 1. The minimum Gasteiger partial charge on any atom is -0.381 e. The molecule has 5 nitrogen and oxygen atoms in total. The number of hydrogen-bond acceptors (Lipinski definition) is 3. The summed E-state index contributed by atoms with van der Waals surface area (Å²) in [5.41, 5.74) is 0.250. The summed E-state index contributed by atoms with van der Waals surface area (Å²) in [5, 5.41) is 2.95. The standard InChI is InChI=1S/C14H24N2O3/c17-13(15-5-8-18-9-12-1-2-12)16-6-3-14(10-16)4-7-19-11-14/h12H,1-11H2,(H,15,17)/t14-/m0/s1. The average Bonchev–Trinajstić information content (AvgIpc) is 2.98. The van der Waals surface area contributed by atoms with E-state index >= 15 is 0 Å². The van der Waals surface area contributed by atoms with Crippen LogP contribution < -0.4 is 5.32 Å². The van der Waals surface area contributed by atoms with Crippen LogP contribution in [0.15, 0.2) is 0 Å². The molecule has 0 bridgehead atoms. The predicted octanol–water partition coefficient (Wildman–Crippen LogP) is 1.23. The molecule has 1 saturated carbocycles. The molecule has 2 aliphatic heterocycles. The van der Waals surface area contributed by atoms with Crippen LogP contribution in [0.5, 0.6) is 0 Å². The van der Waals surface area contributed by atoms with Gasteiger partial charge in [0, 0.05) is 38.3 Å². The van der Waals surface area contributed by atoms with E-state index in [2.05, 4.69) is 5.32 Å². The molecular formula is C14H24N2O3. The topological polar surface area (TPSA) is 50.8 Å². The predicted molar refractivity (Wildman–Crippen MR) is 71.0 cm³/mol. The zero-order valence-corrected chi connectivity index (χ0v) is 11.5. The molecule has 1 spiro atoms. The molecule has 1 aliphatic carbocycles. The molecule has 3 aliphatic rings. The average molecular weight is 268 g/mol. The Labute approximate surface area is 114 Å². The van der Waals surface area contributed by atoms with E-state index in [0.717, 1.165) is 51.7 Å². The van der Waals surface area contributed by atoms with Gasteiger partial charge in [0.1, 0.15) is 0 Å². The van der Waals surface area contributed by atoms with Crippen LogP contribution in [-0.2, 0) is 9.47 Å². The maximum atomic E-state index is 12.0. The molecule has 0 radical (unpaired) electrons. The maximum absolute atomic E-state index is 12.0. The Morgan fingerprint density at radius 2 is 2.32 bits per heavy atom. The fourth-order valence-electron chi connectivity index (χ4n) is 2.96. The van der Waals surface area contributed by atoms with Crippen molar-refractivity contribution >= 4 is 6.03 Å². The summed E-state index contributed by atoms with van der Waals surface area (Å²) in [7, 11) is 0. The van der Waals surface area contributed by atoms with Crippen molar-refractivity contribution in [2.45, 2.75) is 25.7 Å². The number of nitrogens with zero attached hydrogens (tertiary/aromatic N) is 1. The molecule has 2 heterocycles. The molecule has 2 saturated heterocycles. The van der Waals surface area contributed by atoms with Gasteiger partial charge in [0.15, 0.2) is 0 Å². The number of ether oxygens (including phenoxy) is 2. The van der Waals surface area contributed by atoms with Gasteiger partial charge in [-0.05, 0) is 31.6 Å². The van der Waals surface area contributed by atoms with E-state index in [1.807, 2.05) is 4.90 Å². The van der Waals surface area contributed by atoms with Crippen LogP contribution in [0.1, 0.15) is 25.7 Å². The van der Waals surface area contributed by atoms with Crippen molar-refractivity contribution in [3.05, 3.63) is 0 Å². The number of nitrogens with one attached hydrogen (secondary N) is 1. The minimum absolute atomic E-state index is 0.0544. The van der Waals surface area contributed by atoms with Crippen LogP contribution in [0, 0.1) is 11.3 Å². The molecular weight excluding hydrogens is 244 g/mol. The van der Waals surface area contributed by atoms with Gasteiger partial charge < -0.3 is 19.7 Å². The van der Waals surface area contributed by atoms with Crippen LogP contribution in [0.25, 0.3) is 0 Å². The van der Waals surface area contributed by atoms with E-state index in [0.29, 0.717) is 13.2 Å². The van der Waals surface area contributed by atoms with E-state index in [4.69, 9.17) is 9.47 Å². The van der Waals surface area contributed by atoms with Crippen molar-refractivity contribution < 1.29 is 14.3 Å². The summed E-state index contributed by atoms with van der Waals surface area (Å²) in [6.07, 6.45) is 4.80. The Hall–Kier alpha value is -0.810. The van der Waals surface area contributed by atoms with Crippen LogP contribution >= 0.6 is 0 Å². The lowest BCUT2D eigenvalue weighted by molar-refractivity contribution is 0.124. The largest absolute Gasteiger partial charge is 0.381 e. The zero-order chi connectivity index (χ0) is 13.1. The van der Waals surface area contributed by atoms with Gasteiger partial charge in [0.05, 0.1) is 13.2 Å². The van der Waals surface area contributed by atoms with Crippen LogP contribution in [0.2, 0.25) is 0 Å². The minimum atomic E-state index is 0.0544. The van der Waals surface area contributed by atoms with Crippen LogP contribution in [-0.4, -0.2) is 57.0 Å². The molecule has 0 unspecified atom stereocenters. The van der Waals surface area contributed by atoms with Gasteiger partial charge in [-0.1, -0.05) is 0 Å². The Bertz CT molecular complexity index is 325. The number of urea groups is 1. The third-order valence-electron chi connectivity index (χ3n) is 4.48. The first-order valence-corrected chi connectivity index (χ1v) is 7.46. The highest BCUT2D eigenvalue weighted by Gasteiger charge is 2.42. The molecule has 0 aromatic rings. The van der Waals surface area contributed by atoms with E-state index in [1.54, 1.807) is 0 Å². The lowest BCUT2D eigenvalue weighted by Crippen LogP contribution is -2.41. The quantitative estimate of drug-likeness (QED) is 0.763. The second-order valence-corrected chi connectivity index (χ2v) is 6.22. The number of carbonyl (C=O) groups is 1. The summed E-state index contributed by atoms with van der Waals surface area (Å²) in [4.78, 5) is 13.9. The first-order chi connectivity index (χ1) is 9.27. The van der Waals surface area contributed by atoms with Gasteiger partial charge in [-0.25, -0.2) is 4.79 Å². The number of rotatable bonds is 5. The fraction of sp³-hybridized carbons (Fsp3) is 0.929. The molecule has 19 heavy (non-hydrogen) atoms. The second kappa shape index (κ2) is 5.67. The van der Waals surface area contributed by atoms with Crippen molar-refractivity contribution in [1.82, 2.24) is 10.2 Å². The van der Waals surface area contributed by atoms with Crippen molar-refractivity contribution in [3.8, 4) is 0 Å². The molecule has 0 aromatic carbocycles. The number of hydrogen-bond donors (Lipinski definition) is 1. The van der Waals surface area contributed by atoms with E-state index < -0.39 is 0 Å². The molecule has 2 amide bonds. The first kappa shape index (κ1) is 13.2. The lowest BCUT2D eigenvalue weighted by Gasteiger charge is -2.22. The lowest BCUT2D eigenvalue weighted by atomic mass is 9.87. The summed E-state index contributed by atoms with van der Waals surface area (Å²) in [5.74, 6) is 0.788. The Morgan fingerprint density at radius 1 is 1.42 bits per heavy atom. The Morgan fingerprint density at radius 3 is 3.05 bits per heavy atom. The third-order valence-corrected chi connectivity index (χ3v) is 4.48. The molecule has 1 atom stereocenters.